The van der Waals surface area contributed by atoms with Crippen molar-refractivity contribution >= 4 is 34.5 Å². The summed E-state index contributed by atoms with van der Waals surface area (Å²) in [5.41, 5.74) is 3.28. The van der Waals surface area contributed by atoms with Crippen LogP contribution in [0.25, 0.3) is 0 Å². The summed E-state index contributed by atoms with van der Waals surface area (Å²) in [5, 5.41) is 20.8. The Morgan fingerprint density at radius 1 is 1.24 bits per heavy atom. The second-order valence-electron chi connectivity index (χ2n) is 4.67. The molecule has 25 heavy (non-hydrogen) atoms. The van der Waals surface area contributed by atoms with Gasteiger partial charge >= 0.3 is 0 Å². The second-order valence-corrected chi connectivity index (χ2v) is 5.73. The van der Waals surface area contributed by atoms with E-state index >= 15 is 0 Å². The SMILES string of the molecule is O=C(Cc1nnc(NC(=O)c2ncn[nH]2)s1)N/N=C\c1ccccc1. The van der Waals surface area contributed by atoms with Crippen LogP contribution in [0.3, 0.4) is 0 Å². The predicted molar refractivity (Wildman–Crippen MR) is 90.1 cm³/mol. The summed E-state index contributed by atoms with van der Waals surface area (Å²) in [6.07, 6.45) is 2.77. The Labute approximate surface area is 145 Å². The van der Waals surface area contributed by atoms with Crippen molar-refractivity contribution in [3.63, 3.8) is 0 Å². The average Bonchev–Trinajstić information content (AvgIpc) is 3.28. The van der Waals surface area contributed by atoms with Crippen molar-refractivity contribution in [2.45, 2.75) is 6.42 Å². The molecule has 0 aliphatic rings. The van der Waals surface area contributed by atoms with Gasteiger partial charge in [-0.2, -0.15) is 10.2 Å². The van der Waals surface area contributed by atoms with Crippen molar-refractivity contribution in [3.8, 4) is 0 Å². The molecule has 0 radical (unpaired) electrons. The van der Waals surface area contributed by atoms with Gasteiger partial charge in [0.25, 0.3) is 5.91 Å². The lowest BCUT2D eigenvalue weighted by Gasteiger charge is -1.96. The normalized spacial score (nSPS) is 10.7. The zero-order chi connectivity index (χ0) is 17.5. The average molecular weight is 356 g/mol. The van der Waals surface area contributed by atoms with Gasteiger partial charge in [-0.05, 0) is 5.56 Å². The van der Waals surface area contributed by atoms with Gasteiger partial charge in [-0.3, -0.25) is 20.0 Å². The maximum absolute atomic E-state index is 11.8. The molecule has 0 fully saturated rings. The lowest BCUT2D eigenvalue weighted by atomic mass is 10.2. The Morgan fingerprint density at radius 3 is 2.84 bits per heavy atom. The molecule has 1 aromatic carbocycles. The summed E-state index contributed by atoms with van der Waals surface area (Å²) in [6.45, 7) is 0. The Kier molecular flexibility index (Phi) is 5.16. The first-order valence-electron chi connectivity index (χ1n) is 7.07. The third-order valence-corrected chi connectivity index (χ3v) is 3.67. The number of carbonyl (C=O) groups excluding carboxylic acids is 2. The molecule has 0 aliphatic heterocycles. The Bertz CT molecular complexity index is 875. The maximum Gasteiger partial charge on any atom is 0.294 e. The van der Waals surface area contributed by atoms with Gasteiger partial charge in [0.05, 0.1) is 12.6 Å². The number of rotatable bonds is 6. The van der Waals surface area contributed by atoms with E-state index in [2.05, 4.69) is 41.2 Å². The summed E-state index contributed by atoms with van der Waals surface area (Å²) in [7, 11) is 0. The second kappa shape index (κ2) is 7.88. The van der Waals surface area contributed by atoms with Gasteiger partial charge in [-0.1, -0.05) is 41.7 Å². The molecule has 3 rings (SSSR count). The first kappa shape index (κ1) is 16.4. The van der Waals surface area contributed by atoms with E-state index in [-0.39, 0.29) is 23.3 Å². The molecule has 10 nitrogen and oxygen atoms in total. The van der Waals surface area contributed by atoms with E-state index in [9.17, 15) is 9.59 Å². The number of nitrogens with one attached hydrogen (secondary N) is 3. The number of nitrogens with zero attached hydrogens (tertiary/aromatic N) is 5. The molecular formula is C14H12N8O2S. The number of H-pyrrole nitrogens is 1. The molecule has 126 valence electrons. The Morgan fingerprint density at radius 2 is 2.08 bits per heavy atom. The molecule has 0 saturated heterocycles. The van der Waals surface area contributed by atoms with Crippen molar-refractivity contribution in [1.29, 1.82) is 0 Å². The zero-order valence-corrected chi connectivity index (χ0v) is 13.5. The summed E-state index contributed by atoms with van der Waals surface area (Å²) in [4.78, 5) is 27.3. The van der Waals surface area contributed by atoms with E-state index in [1.165, 1.54) is 6.33 Å². The van der Waals surface area contributed by atoms with E-state index in [1.807, 2.05) is 30.3 Å². The molecule has 0 bridgehead atoms. The number of aromatic amines is 1. The number of hydrogen-bond acceptors (Lipinski definition) is 8. The Hall–Kier alpha value is -3.47. The lowest BCUT2D eigenvalue weighted by Crippen LogP contribution is -2.19. The maximum atomic E-state index is 11.8. The van der Waals surface area contributed by atoms with Crippen LogP contribution >= 0.6 is 11.3 Å². The highest BCUT2D eigenvalue weighted by Crippen LogP contribution is 2.16. The molecule has 3 aromatic rings. The summed E-state index contributed by atoms with van der Waals surface area (Å²) in [5.74, 6) is -0.765. The van der Waals surface area contributed by atoms with Crippen LogP contribution in [0.15, 0.2) is 41.8 Å². The molecule has 2 heterocycles. The van der Waals surface area contributed by atoms with Crippen LogP contribution in [0, 0.1) is 0 Å². The van der Waals surface area contributed by atoms with E-state index in [4.69, 9.17) is 0 Å². The molecule has 3 N–H and O–H groups in total. The molecule has 2 aromatic heterocycles. The molecule has 0 spiro atoms. The summed E-state index contributed by atoms with van der Waals surface area (Å²) in [6, 6.07) is 9.37. The third-order valence-electron chi connectivity index (χ3n) is 2.83. The van der Waals surface area contributed by atoms with Gasteiger partial charge in [0.15, 0.2) is 0 Å². The zero-order valence-electron chi connectivity index (χ0n) is 12.7. The molecule has 2 amide bonds. The van der Waals surface area contributed by atoms with E-state index in [1.54, 1.807) is 6.21 Å². The van der Waals surface area contributed by atoms with Crippen molar-refractivity contribution in [1.82, 2.24) is 30.8 Å². The van der Waals surface area contributed by atoms with Crippen molar-refractivity contribution in [2.75, 3.05) is 5.32 Å². The topological polar surface area (TPSA) is 138 Å². The number of benzene rings is 1. The van der Waals surface area contributed by atoms with Crippen molar-refractivity contribution in [3.05, 3.63) is 53.1 Å². The summed E-state index contributed by atoms with van der Waals surface area (Å²) >= 11 is 1.09. The number of amides is 2. The van der Waals surface area contributed by atoms with Gasteiger partial charge in [-0.15, -0.1) is 10.2 Å². The first-order valence-corrected chi connectivity index (χ1v) is 7.88. The quantitative estimate of drug-likeness (QED) is 0.437. The van der Waals surface area contributed by atoms with E-state index in [0.29, 0.717) is 5.01 Å². The highest BCUT2D eigenvalue weighted by molar-refractivity contribution is 7.15. The van der Waals surface area contributed by atoms with Crippen LogP contribution < -0.4 is 10.7 Å². The monoisotopic (exact) mass is 356 g/mol. The lowest BCUT2D eigenvalue weighted by molar-refractivity contribution is -0.120. The van der Waals surface area contributed by atoms with Gasteiger partial charge in [0.2, 0.25) is 16.9 Å². The number of carbonyl (C=O) groups is 2. The number of aromatic nitrogens is 5. The van der Waals surface area contributed by atoms with E-state index in [0.717, 1.165) is 16.9 Å². The molecule has 0 atom stereocenters. The van der Waals surface area contributed by atoms with Crippen LogP contribution in [0.1, 0.15) is 21.2 Å². The fourth-order valence-corrected chi connectivity index (χ4v) is 2.48. The number of hydrogen-bond donors (Lipinski definition) is 3. The number of hydrazone groups is 1. The molecule has 0 aliphatic carbocycles. The Balaban J connectivity index is 1.50. The van der Waals surface area contributed by atoms with Crippen LogP contribution in [0.2, 0.25) is 0 Å². The van der Waals surface area contributed by atoms with Gasteiger partial charge < -0.3 is 0 Å². The highest BCUT2D eigenvalue weighted by atomic mass is 32.1. The first-order chi connectivity index (χ1) is 12.2. The van der Waals surface area contributed by atoms with Crippen molar-refractivity contribution in [2.24, 2.45) is 5.10 Å². The van der Waals surface area contributed by atoms with Gasteiger partial charge in [-0.25, -0.2) is 10.4 Å². The third kappa shape index (κ3) is 4.75. The largest absolute Gasteiger partial charge is 0.294 e. The fourth-order valence-electron chi connectivity index (χ4n) is 1.74. The fraction of sp³-hybridized carbons (Fsp3) is 0.0714. The molecular weight excluding hydrogens is 344 g/mol. The molecule has 11 heteroatoms. The smallest absolute Gasteiger partial charge is 0.294 e. The van der Waals surface area contributed by atoms with Crippen LogP contribution in [-0.4, -0.2) is 43.4 Å². The summed E-state index contributed by atoms with van der Waals surface area (Å²) < 4.78 is 0. The standard InChI is InChI=1S/C14H12N8O2S/c23-10(19-16-7-9-4-2-1-3-5-9)6-11-20-22-14(25-11)18-13(24)12-15-8-17-21-12/h1-5,7-8H,6H2,(H,19,23)(H,15,17,21)(H,18,22,24)/b16-7-. The highest BCUT2D eigenvalue weighted by Gasteiger charge is 2.13. The molecule has 0 saturated carbocycles. The minimum Gasteiger partial charge on any atom is -0.294 e. The van der Waals surface area contributed by atoms with Crippen molar-refractivity contribution < 1.29 is 9.59 Å². The van der Waals surface area contributed by atoms with Gasteiger partial charge in [0, 0.05) is 0 Å². The molecule has 0 unspecified atom stereocenters. The van der Waals surface area contributed by atoms with E-state index < -0.39 is 5.91 Å². The minimum absolute atomic E-state index is 0.00196. The number of anilines is 1. The van der Waals surface area contributed by atoms with Gasteiger partial charge in [0.1, 0.15) is 11.3 Å². The van der Waals surface area contributed by atoms with Crippen LogP contribution in [-0.2, 0) is 11.2 Å². The predicted octanol–water partition coefficient (Wildman–Crippen LogP) is 0.601. The van der Waals surface area contributed by atoms with Crippen LogP contribution in [0.5, 0.6) is 0 Å². The van der Waals surface area contributed by atoms with Crippen LogP contribution in [0.4, 0.5) is 5.13 Å². The minimum atomic E-state index is -0.489.